The van der Waals surface area contributed by atoms with Crippen molar-refractivity contribution in [3.05, 3.63) is 29.8 Å². The number of likely N-dealkylation sites (N-methyl/N-ethyl adjacent to an activating group) is 1. The Morgan fingerprint density at radius 2 is 1.95 bits per heavy atom. The molecule has 1 aromatic rings. The van der Waals surface area contributed by atoms with E-state index in [0.29, 0.717) is 13.2 Å². The molecule has 0 saturated heterocycles. The van der Waals surface area contributed by atoms with Crippen LogP contribution in [-0.2, 0) is 10.2 Å². The molecule has 19 heavy (non-hydrogen) atoms. The van der Waals surface area contributed by atoms with Crippen molar-refractivity contribution in [2.75, 3.05) is 26.7 Å². The van der Waals surface area contributed by atoms with Gasteiger partial charge in [0.25, 0.3) is 0 Å². The Bertz CT molecular complexity index is 424. The van der Waals surface area contributed by atoms with Gasteiger partial charge in [-0.05, 0) is 17.0 Å². The minimum absolute atomic E-state index is 0.0368. The van der Waals surface area contributed by atoms with Gasteiger partial charge in [-0.25, -0.2) is 0 Å². The number of para-hydroxylation sites is 1. The Morgan fingerprint density at radius 1 is 1.32 bits per heavy atom. The van der Waals surface area contributed by atoms with Gasteiger partial charge in [0.15, 0.2) is 0 Å². The summed E-state index contributed by atoms with van der Waals surface area (Å²) in [6.07, 6.45) is 0. The number of hydrogen-bond acceptors (Lipinski definition) is 3. The van der Waals surface area contributed by atoms with Crippen LogP contribution in [0.15, 0.2) is 24.3 Å². The number of carbonyl (C=O) groups is 1. The molecule has 0 aliphatic carbocycles. The molecule has 1 rings (SSSR count). The Balaban J connectivity index is 2.62. The minimum Gasteiger partial charge on any atom is -0.491 e. The molecular formula is C15H24N2O2. The number of amides is 1. The largest absolute Gasteiger partial charge is 0.491 e. The van der Waals surface area contributed by atoms with E-state index < -0.39 is 0 Å². The maximum absolute atomic E-state index is 11.3. The Kier molecular flexibility index (Phi) is 5.36. The predicted octanol–water partition coefficient (Wildman–Crippen LogP) is 1.78. The molecule has 2 N–H and O–H groups in total. The van der Waals surface area contributed by atoms with E-state index in [0.717, 1.165) is 5.75 Å². The number of rotatable bonds is 5. The number of carbonyl (C=O) groups excluding carboxylic acids is 1. The molecule has 0 fully saturated rings. The third-order valence-electron chi connectivity index (χ3n) is 2.98. The highest BCUT2D eigenvalue weighted by molar-refractivity contribution is 5.77. The Hall–Kier alpha value is -1.55. The van der Waals surface area contributed by atoms with Crippen LogP contribution in [0.2, 0.25) is 0 Å². The van der Waals surface area contributed by atoms with Crippen LogP contribution in [0, 0.1) is 0 Å². The zero-order chi connectivity index (χ0) is 14.5. The first-order valence-electron chi connectivity index (χ1n) is 6.52. The summed E-state index contributed by atoms with van der Waals surface area (Å²) >= 11 is 0. The van der Waals surface area contributed by atoms with Crippen LogP contribution in [0.1, 0.15) is 26.3 Å². The third-order valence-corrected chi connectivity index (χ3v) is 2.98. The average molecular weight is 264 g/mol. The molecule has 0 aromatic heterocycles. The highest BCUT2D eigenvalue weighted by atomic mass is 16.5. The van der Waals surface area contributed by atoms with Gasteiger partial charge in [0.05, 0.1) is 13.1 Å². The molecule has 0 bridgehead atoms. The van der Waals surface area contributed by atoms with Crippen LogP contribution < -0.4 is 10.5 Å². The SMILES string of the molecule is CN(CCOc1ccccc1C(C)(C)C)C(=O)CN. The van der Waals surface area contributed by atoms with Crippen molar-refractivity contribution in [3.63, 3.8) is 0 Å². The van der Waals surface area contributed by atoms with Gasteiger partial charge in [-0.1, -0.05) is 39.0 Å². The summed E-state index contributed by atoms with van der Waals surface area (Å²) in [4.78, 5) is 12.9. The van der Waals surface area contributed by atoms with Gasteiger partial charge in [0, 0.05) is 7.05 Å². The summed E-state index contributed by atoms with van der Waals surface area (Å²) in [6, 6.07) is 8.01. The second kappa shape index (κ2) is 6.57. The standard InChI is InChI=1S/C15H24N2O2/c1-15(2,3)12-7-5-6-8-13(12)19-10-9-17(4)14(18)11-16/h5-8H,9-11,16H2,1-4H3. The maximum Gasteiger partial charge on any atom is 0.236 e. The van der Waals surface area contributed by atoms with Gasteiger partial charge in [0.2, 0.25) is 5.91 Å². The van der Waals surface area contributed by atoms with Gasteiger partial charge in [-0.2, -0.15) is 0 Å². The third kappa shape index (κ3) is 4.56. The first kappa shape index (κ1) is 15.5. The van der Waals surface area contributed by atoms with Gasteiger partial charge in [-0.15, -0.1) is 0 Å². The van der Waals surface area contributed by atoms with Crippen LogP contribution in [-0.4, -0.2) is 37.6 Å². The molecule has 0 radical (unpaired) electrons. The molecule has 4 nitrogen and oxygen atoms in total. The van der Waals surface area contributed by atoms with Crippen molar-refractivity contribution in [3.8, 4) is 5.75 Å². The number of nitrogens with zero attached hydrogens (tertiary/aromatic N) is 1. The van der Waals surface area contributed by atoms with E-state index in [1.165, 1.54) is 5.56 Å². The molecule has 0 unspecified atom stereocenters. The van der Waals surface area contributed by atoms with Crippen LogP contribution in [0.3, 0.4) is 0 Å². The molecule has 1 aromatic carbocycles. The zero-order valence-electron chi connectivity index (χ0n) is 12.3. The van der Waals surface area contributed by atoms with Crippen molar-refractivity contribution < 1.29 is 9.53 Å². The lowest BCUT2D eigenvalue weighted by Gasteiger charge is -2.23. The highest BCUT2D eigenvalue weighted by Gasteiger charge is 2.18. The first-order chi connectivity index (χ1) is 8.86. The molecule has 106 valence electrons. The normalized spacial score (nSPS) is 11.2. The van der Waals surface area contributed by atoms with E-state index in [9.17, 15) is 4.79 Å². The van der Waals surface area contributed by atoms with Gasteiger partial charge >= 0.3 is 0 Å². The van der Waals surface area contributed by atoms with E-state index in [1.807, 2.05) is 18.2 Å². The number of nitrogens with two attached hydrogens (primary N) is 1. The molecule has 4 heteroatoms. The van der Waals surface area contributed by atoms with Crippen molar-refractivity contribution in [2.24, 2.45) is 5.73 Å². The second-order valence-electron chi connectivity index (χ2n) is 5.61. The maximum atomic E-state index is 11.3. The van der Waals surface area contributed by atoms with Crippen molar-refractivity contribution in [1.82, 2.24) is 4.90 Å². The smallest absolute Gasteiger partial charge is 0.236 e. The first-order valence-corrected chi connectivity index (χ1v) is 6.52. The molecule has 0 aliphatic heterocycles. The number of benzene rings is 1. The summed E-state index contributed by atoms with van der Waals surface area (Å²) in [5, 5.41) is 0. The van der Waals surface area contributed by atoms with E-state index in [-0.39, 0.29) is 17.9 Å². The lowest BCUT2D eigenvalue weighted by molar-refractivity contribution is -0.128. The summed E-state index contributed by atoms with van der Waals surface area (Å²) < 4.78 is 5.79. The van der Waals surface area contributed by atoms with Gasteiger partial charge < -0.3 is 15.4 Å². The molecule has 0 aliphatic rings. The quantitative estimate of drug-likeness (QED) is 0.882. The van der Waals surface area contributed by atoms with E-state index in [4.69, 9.17) is 10.5 Å². The average Bonchev–Trinajstić information content (AvgIpc) is 2.37. The fraction of sp³-hybridized carbons (Fsp3) is 0.533. The van der Waals surface area contributed by atoms with Gasteiger partial charge in [0.1, 0.15) is 12.4 Å². The van der Waals surface area contributed by atoms with Crippen LogP contribution >= 0.6 is 0 Å². The molecule has 0 saturated carbocycles. The summed E-state index contributed by atoms with van der Waals surface area (Å²) in [5.74, 6) is 0.802. The molecular weight excluding hydrogens is 240 g/mol. The summed E-state index contributed by atoms with van der Waals surface area (Å²) in [6.45, 7) is 7.50. The molecule has 0 heterocycles. The number of ether oxygens (including phenoxy) is 1. The van der Waals surface area contributed by atoms with E-state index in [1.54, 1.807) is 11.9 Å². The predicted molar refractivity (Wildman–Crippen MR) is 77.3 cm³/mol. The monoisotopic (exact) mass is 264 g/mol. The van der Waals surface area contributed by atoms with Crippen LogP contribution in [0.5, 0.6) is 5.75 Å². The minimum atomic E-state index is -0.0762. The van der Waals surface area contributed by atoms with Crippen molar-refractivity contribution >= 4 is 5.91 Å². The fourth-order valence-corrected chi connectivity index (χ4v) is 1.79. The Labute approximate surface area is 115 Å². The number of hydrogen-bond donors (Lipinski definition) is 1. The lowest BCUT2D eigenvalue weighted by Crippen LogP contribution is -2.35. The van der Waals surface area contributed by atoms with E-state index >= 15 is 0 Å². The highest BCUT2D eigenvalue weighted by Crippen LogP contribution is 2.30. The summed E-state index contributed by atoms with van der Waals surface area (Å²) in [5.41, 5.74) is 6.51. The topological polar surface area (TPSA) is 55.6 Å². The second-order valence-corrected chi connectivity index (χ2v) is 5.61. The van der Waals surface area contributed by atoms with E-state index in [2.05, 4.69) is 26.8 Å². The lowest BCUT2D eigenvalue weighted by atomic mass is 9.86. The molecule has 0 atom stereocenters. The fourth-order valence-electron chi connectivity index (χ4n) is 1.79. The summed E-state index contributed by atoms with van der Waals surface area (Å²) in [7, 11) is 1.73. The molecule has 1 amide bonds. The molecule has 0 spiro atoms. The van der Waals surface area contributed by atoms with Crippen molar-refractivity contribution in [1.29, 1.82) is 0 Å². The Morgan fingerprint density at radius 3 is 2.53 bits per heavy atom. The van der Waals surface area contributed by atoms with Crippen LogP contribution in [0.25, 0.3) is 0 Å². The van der Waals surface area contributed by atoms with Gasteiger partial charge in [-0.3, -0.25) is 4.79 Å². The van der Waals surface area contributed by atoms with Crippen molar-refractivity contribution in [2.45, 2.75) is 26.2 Å². The van der Waals surface area contributed by atoms with Crippen LogP contribution in [0.4, 0.5) is 0 Å². The zero-order valence-corrected chi connectivity index (χ0v) is 12.3.